The number of thiophene rings is 1. The lowest BCUT2D eigenvalue weighted by Gasteiger charge is -2.35. The van der Waals surface area contributed by atoms with Crippen LogP contribution in [0.15, 0.2) is 17.1 Å². The summed E-state index contributed by atoms with van der Waals surface area (Å²) in [7, 11) is 1.86. The van der Waals surface area contributed by atoms with Crippen LogP contribution in [0.2, 0.25) is 0 Å². The normalized spacial score (nSPS) is 20.2. The summed E-state index contributed by atoms with van der Waals surface area (Å²) < 4.78 is 0. The number of hydrogen-bond acceptors (Lipinski definition) is 3. The van der Waals surface area contributed by atoms with E-state index in [1.54, 1.807) is 0 Å². The van der Waals surface area contributed by atoms with Gasteiger partial charge in [-0.05, 0) is 65.1 Å². The van der Waals surface area contributed by atoms with E-state index in [1.165, 1.54) is 35.7 Å². The van der Waals surface area contributed by atoms with Crippen LogP contribution < -0.4 is 10.6 Å². The maximum absolute atomic E-state index is 4.40. The fourth-order valence-corrected chi connectivity index (χ4v) is 4.37. The van der Waals surface area contributed by atoms with Crippen LogP contribution in [0.25, 0.3) is 0 Å². The van der Waals surface area contributed by atoms with Gasteiger partial charge >= 0.3 is 0 Å². The van der Waals surface area contributed by atoms with E-state index < -0.39 is 0 Å². The van der Waals surface area contributed by atoms with Crippen molar-refractivity contribution in [1.82, 2.24) is 15.5 Å². The first-order chi connectivity index (χ1) is 11.5. The van der Waals surface area contributed by atoms with Crippen molar-refractivity contribution < 1.29 is 0 Å². The van der Waals surface area contributed by atoms with Crippen molar-refractivity contribution in [3.63, 3.8) is 0 Å². The number of aliphatic imine (C=N–C) groups is 1. The number of piperidine rings is 1. The third-order valence-corrected chi connectivity index (χ3v) is 5.77. The van der Waals surface area contributed by atoms with Crippen molar-refractivity contribution in [2.45, 2.75) is 59.0 Å². The molecule has 1 aliphatic heterocycles. The largest absolute Gasteiger partial charge is 0.356 e. The second kappa shape index (κ2) is 11.4. The van der Waals surface area contributed by atoms with E-state index in [4.69, 9.17) is 0 Å². The SMILES string of the molecule is CN=C(NCC1CCCN(C(C)C)C1)NC(C)Cc1ccc(C)s1.I. The van der Waals surface area contributed by atoms with Gasteiger partial charge in [0.05, 0.1) is 0 Å². The van der Waals surface area contributed by atoms with Gasteiger partial charge in [-0.1, -0.05) is 0 Å². The average molecular weight is 478 g/mol. The summed E-state index contributed by atoms with van der Waals surface area (Å²) in [5, 5.41) is 7.07. The van der Waals surface area contributed by atoms with Gasteiger partial charge in [-0.25, -0.2) is 0 Å². The van der Waals surface area contributed by atoms with E-state index in [1.807, 2.05) is 18.4 Å². The molecule has 1 saturated heterocycles. The van der Waals surface area contributed by atoms with Crippen LogP contribution in [-0.2, 0) is 6.42 Å². The third kappa shape index (κ3) is 7.83. The molecule has 2 atom stereocenters. The number of guanidine groups is 1. The highest BCUT2D eigenvalue weighted by Crippen LogP contribution is 2.18. The predicted octanol–water partition coefficient (Wildman–Crippen LogP) is 3.89. The number of hydrogen-bond donors (Lipinski definition) is 2. The van der Waals surface area contributed by atoms with Gasteiger partial charge < -0.3 is 15.5 Å². The van der Waals surface area contributed by atoms with E-state index in [0.717, 1.165) is 24.8 Å². The number of halogens is 1. The van der Waals surface area contributed by atoms with Crippen molar-refractivity contribution in [2.75, 3.05) is 26.7 Å². The molecule has 0 amide bonds. The van der Waals surface area contributed by atoms with Gasteiger partial charge in [0, 0.05) is 48.4 Å². The van der Waals surface area contributed by atoms with Gasteiger partial charge in [-0.15, -0.1) is 35.3 Å². The molecule has 2 N–H and O–H groups in total. The zero-order valence-electron chi connectivity index (χ0n) is 16.3. The lowest BCUT2D eigenvalue weighted by Crippen LogP contribution is -2.48. The summed E-state index contributed by atoms with van der Waals surface area (Å²) in [6.45, 7) is 12.4. The lowest BCUT2D eigenvalue weighted by atomic mass is 9.97. The van der Waals surface area contributed by atoms with Crippen LogP contribution in [0, 0.1) is 12.8 Å². The van der Waals surface area contributed by atoms with Gasteiger partial charge in [0.25, 0.3) is 0 Å². The molecule has 2 unspecified atom stereocenters. The Kier molecular flexibility index (Phi) is 10.3. The summed E-state index contributed by atoms with van der Waals surface area (Å²) in [6, 6.07) is 5.47. The summed E-state index contributed by atoms with van der Waals surface area (Å²) in [6.07, 6.45) is 3.67. The molecule has 0 bridgehead atoms. The summed E-state index contributed by atoms with van der Waals surface area (Å²) >= 11 is 1.88. The molecule has 1 aromatic heterocycles. The van der Waals surface area contributed by atoms with Crippen molar-refractivity contribution in [2.24, 2.45) is 10.9 Å². The van der Waals surface area contributed by atoms with Gasteiger partial charge in [0.1, 0.15) is 0 Å². The molecular weight excluding hydrogens is 443 g/mol. The Hall–Kier alpha value is -0.340. The van der Waals surface area contributed by atoms with E-state index >= 15 is 0 Å². The smallest absolute Gasteiger partial charge is 0.191 e. The predicted molar refractivity (Wildman–Crippen MR) is 122 cm³/mol. The van der Waals surface area contributed by atoms with Crippen LogP contribution in [0.4, 0.5) is 0 Å². The minimum Gasteiger partial charge on any atom is -0.356 e. The minimum atomic E-state index is 0. The maximum Gasteiger partial charge on any atom is 0.191 e. The van der Waals surface area contributed by atoms with Crippen molar-refractivity contribution in [1.29, 1.82) is 0 Å². The quantitative estimate of drug-likeness (QED) is 0.370. The number of likely N-dealkylation sites (tertiary alicyclic amines) is 1. The zero-order valence-corrected chi connectivity index (χ0v) is 19.5. The average Bonchev–Trinajstić information content (AvgIpc) is 2.96. The molecule has 0 saturated carbocycles. The van der Waals surface area contributed by atoms with Gasteiger partial charge in [-0.2, -0.15) is 0 Å². The number of aryl methyl sites for hydroxylation is 1. The zero-order chi connectivity index (χ0) is 17.5. The second-order valence-electron chi connectivity index (χ2n) is 7.31. The van der Waals surface area contributed by atoms with Crippen LogP contribution in [0.3, 0.4) is 0 Å². The van der Waals surface area contributed by atoms with Crippen LogP contribution in [0.5, 0.6) is 0 Å². The molecule has 1 aromatic rings. The van der Waals surface area contributed by atoms with Crippen molar-refractivity contribution in [3.8, 4) is 0 Å². The minimum absolute atomic E-state index is 0. The maximum atomic E-state index is 4.40. The fraction of sp³-hybridized carbons (Fsp3) is 0.737. The molecule has 6 heteroatoms. The van der Waals surface area contributed by atoms with E-state index in [9.17, 15) is 0 Å². The van der Waals surface area contributed by atoms with Crippen molar-refractivity contribution >= 4 is 41.3 Å². The summed E-state index contributed by atoms with van der Waals surface area (Å²) in [4.78, 5) is 9.80. The molecule has 1 fully saturated rings. The Balaban J connectivity index is 0.00000312. The van der Waals surface area contributed by atoms with Crippen LogP contribution >= 0.6 is 35.3 Å². The highest BCUT2D eigenvalue weighted by Gasteiger charge is 2.21. The molecule has 2 heterocycles. The number of nitrogens with zero attached hydrogens (tertiary/aromatic N) is 2. The van der Waals surface area contributed by atoms with Crippen LogP contribution in [-0.4, -0.2) is 49.6 Å². The first-order valence-electron chi connectivity index (χ1n) is 9.24. The fourth-order valence-electron chi connectivity index (χ4n) is 3.35. The molecule has 0 spiro atoms. The third-order valence-electron chi connectivity index (χ3n) is 4.75. The molecular formula is C19H35IN4S. The molecule has 4 nitrogen and oxygen atoms in total. The lowest BCUT2D eigenvalue weighted by molar-refractivity contribution is 0.141. The van der Waals surface area contributed by atoms with Gasteiger partial charge in [-0.3, -0.25) is 4.99 Å². The summed E-state index contributed by atoms with van der Waals surface area (Å²) in [5.41, 5.74) is 0. The van der Waals surface area contributed by atoms with Crippen molar-refractivity contribution in [3.05, 3.63) is 21.9 Å². The van der Waals surface area contributed by atoms with Gasteiger partial charge in [0.15, 0.2) is 5.96 Å². The molecule has 2 rings (SSSR count). The Bertz CT molecular complexity index is 529. The monoisotopic (exact) mass is 478 g/mol. The second-order valence-corrected chi connectivity index (χ2v) is 8.68. The van der Waals surface area contributed by atoms with E-state index in [-0.39, 0.29) is 24.0 Å². The standard InChI is InChI=1S/C19H34N4S.HI/c1-14(2)23-10-6-7-17(13-23)12-21-19(20-5)22-15(3)11-18-9-8-16(4)24-18;/h8-9,14-15,17H,6-7,10-13H2,1-5H3,(H2,20,21,22);1H. The van der Waals surface area contributed by atoms with Crippen LogP contribution in [0.1, 0.15) is 43.4 Å². The highest BCUT2D eigenvalue weighted by molar-refractivity contribution is 14.0. The van der Waals surface area contributed by atoms with E-state index in [2.05, 4.69) is 60.4 Å². The van der Waals surface area contributed by atoms with E-state index in [0.29, 0.717) is 12.1 Å². The molecule has 25 heavy (non-hydrogen) atoms. The Morgan fingerprint density at radius 2 is 2.12 bits per heavy atom. The van der Waals surface area contributed by atoms with Gasteiger partial charge in [0.2, 0.25) is 0 Å². The first-order valence-corrected chi connectivity index (χ1v) is 10.1. The first kappa shape index (κ1) is 22.7. The summed E-state index contributed by atoms with van der Waals surface area (Å²) in [5.74, 6) is 1.65. The molecule has 0 radical (unpaired) electrons. The Morgan fingerprint density at radius 3 is 2.72 bits per heavy atom. The molecule has 1 aliphatic rings. The highest BCUT2D eigenvalue weighted by atomic mass is 127. The topological polar surface area (TPSA) is 39.7 Å². The Labute approximate surface area is 174 Å². The number of nitrogens with one attached hydrogen (secondary N) is 2. The molecule has 0 aromatic carbocycles. The molecule has 0 aliphatic carbocycles. The Morgan fingerprint density at radius 1 is 1.36 bits per heavy atom. The number of rotatable bonds is 6. The molecule has 144 valence electrons.